The Bertz CT molecular complexity index is 782. The van der Waals surface area contributed by atoms with Crippen molar-refractivity contribution in [3.8, 4) is 23.2 Å². The molecule has 2 N–H and O–H groups in total. The van der Waals surface area contributed by atoms with E-state index >= 15 is 0 Å². The fourth-order valence-corrected chi connectivity index (χ4v) is 1.91. The number of anilines is 1. The average Bonchev–Trinajstić information content (AvgIpc) is 3.07. The molecule has 5 nitrogen and oxygen atoms in total. The molecule has 0 atom stereocenters. The van der Waals surface area contributed by atoms with Crippen LogP contribution in [-0.2, 0) is 0 Å². The Labute approximate surface area is 113 Å². The molecule has 2 aromatic heterocycles. The highest BCUT2D eigenvalue weighted by Crippen LogP contribution is 2.28. The van der Waals surface area contributed by atoms with Gasteiger partial charge in [-0.2, -0.15) is 10.4 Å². The summed E-state index contributed by atoms with van der Waals surface area (Å²) in [5.74, 6) is 0.283. The predicted molar refractivity (Wildman–Crippen MR) is 70.4 cm³/mol. The van der Waals surface area contributed by atoms with Gasteiger partial charge in [-0.1, -0.05) is 0 Å². The normalized spacial score (nSPS) is 10.4. The molecular formula is C14H9FN4O. The second-order valence-electron chi connectivity index (χ2n) is 4.09. The summed E-state index contributed by atoms with van der Waals surface area (Å²) in [5.41, 5.74) is 7.09. The van der Waals surface area contributed by atoms with E-state index < -0.39 is 0 Å². The third kappa shape index (κ3) is 1.82. The van der Waals surface area contributed by atoms with Crippen LogP contribution in [0.15, 0.2) is 47.1 Å². The van der Waals surface area contributed by atoms with Gasteiger partial charge < -0.3 is 10.2 Å². The van der Waals surface area contributed by atoms with E-state index in [-0.39, 0.29) is 17.2 Å². The van der Waals surface area contributed by atoms with Crippen LogP contribution >= 0.6 is 0 Å². The van der Waals surface area contributed by atoms with Crippen LogP contribution in [0.5, 0.6) is 0 Å². The lowest BCUT2D eigenvalue weighted by Gasteiger charge is -2.02. The van der Waals surface area contributed by atoms with E-state index in [0.717, 1.165) is 0 Å². The minimum absolute atomic E-state index is 0.186. The first-order chi connectivity index (χ1) is 9.70. The quantitative estimate of drug-likeness (QED) is 0.774. The maximum Gasteiger partial charge on any atom is 0.155 e. The van der Waals surface area contributed by atoms with Gasteiger partial charge in [-0.3, -0.25) is 0 Å². The summed E-state index contributed by atoms with van der Waals surface area (Å²) < 4.78 is 19.6. The Kier molecular flexibility index (Phi) is 2.73. The summed E-state index contributed by atoms with van der Waals surface area (Å²) in [7, 11) is 0. The SMILES string of the molecule is N#Cc1c(-c2ccco2)nn(-c2ccc(F)cc2)c1N. The summed E-state index contributed by atoms with van der Waals surface area (Å²) >= 11 is 0. The molecule has 0 fully saturated rings. The summed E-state index contributed by atoms with van der Waals surface area (Å²) in [6, 6.07) is 11.1. The van der Waals surface area contributed by atoms with Gasteiger partial charge >= 0.3 is 0 Å². The third-order valence-corrected chi connectivity index (χ3v) is 2.86. The first-order valence-corrected chi connectivity index (χ1v) is 5.79. The zero-order chi connectivity index (χ0) is 14.1. The molecule has 0 aliphatic rings. The van der Waals surface area contributed by atoms with Crippen LogP contribution in [0.25, 0.3) is 17.1 Å². The Morgan fingerprint density at radius 1 is 1.25 bits per heavy atom. The molecule has 6 heteroatoms. The number of rotatable bonds is 2. The largest absolute Gasteiger partial charge is 0.463 e. The number of benzene rings is 1. The Morgan fingerprint density at radius 3 is 2.60 bits per heavy atom. The van der Waals surface area contributed by atoms with Crippen molar-refractivity contribution in [1.82, 2.24) is 9.78 Å². The van der Waals surface area contributed by atoms with E-state index in [0.29, 0.717) is 17.1 Å². The predicted octanol–water partition coefficient (Wildman–Crippen LogP) is 2.73. The number of aromatic nitrogens is 2. The Morgan fingerprint density at radius 2 is 2.00 bits per heavy atom. The van der Waals surface area contributed by atoms with E-state index in [1.165, 1.54) is 35.2 Å². The number of hydrogen-bond donors (Lipinski definition) is 1. The van der Waals surface area contributed by atoms with Gasteiger partial charge in [0.2, 0.25) is 0 Å². The van der Waals surface area contributed by atoms with Crippen LogP contribution in [0.2, 0.25) is 0 Å². The van der Waals surface area contributed by atoms with Crippen LogP contribution < -0.4 is 5.73 Å². The first-order valence-electron chi connectivity index (χ1n) is 5.79. The lowest BCUT2D eigenvalue weighted by Crippen LogP contribution is -2.02. The number of nitrogens with two attached hydrogens (primary N) is 1. The molecule has 2 heterocycles. The molecule has 3 rings (SSSR count). The minimum Gasteiger partial charge on any atom is -0.463 e. The van der Waals surface area contributed by atoms with Crippen LogP contribution in [0.1, 0.15) is 5.56 Å². The smallest absolute Gasteiger partial charge is 0.155 e. The van der Waals surface area contributed by atoms with Crippen molar-refractivity contribution in [2.45, 2.75) is 0 Å². The molecular weight excluding hydrogens is 259 g/mol. The Balaban J connectivity index is 2.19. The Hall–Kier alpha value is -3.07. The van der Waals surface area contributed by atoms with Crippen molar-refractivity contribution >= 4 is 5.82 Å². The number of nitriles is 1. The van der Waals surface area contributed by atoms with Crippen LogP contribution in [0, 0.1) is 17.1 Å². The van der Waals surface area contributed by atoms with Gasteiger partial charge in [0, 0.05) is 0 Å². The second kappa shape index (κ2) is 4.55. The molecule has 1 aromatic carbocycles. The molecule has 0 aliphatic heterocycles. The molecule has 20 heavy (non-hydrogen) atoms. The van der Waals surface area contributed by atoms with E-state index in [1.54, 1.807) is 12.1 Å². The van der Waals surface area contributed by atoms with Crippen LogP contribution in [0.3, 0.4) is 0 Å². The van der Waals surface area contributed by atoms with Gasteiger partial charge in [-0.05, 0) is 36.4 Å². The maximum atomic E-state index is 12.9. The average molecular weight is 268 g/mol. The fraction of sp³-hybridized carbons (Fsp3) is 0. The summed E-state index contributed by atoms with van der Waals surface area (Å²) in [5, 5.41) is 13.5. The zero-order valence-corrected chi connectivity index (χ0v) is 10.2. The van der Waals surface area contributed by atoms with Gasteiger partial charge in [0.05, 0.1) is 12.0 Å². The van der Waals surface area contributed by atoms with Gasteiger partial charge in [-0.25, -0.2) is 9.07 Å². The van der Waals surface area contributed by atoms with E-state index in [1.807, 2.05) is 6.07 Å². The van der Waals surface area contributed by atoms with E-state index in [4.69, 9.17) is 10.2 Å². The molecule has 0 bridgehead atoms. The van der Waals surface area contributed by atoms with Crippen molar-refractivity contribution < 1.29 is 8.81 Å². The summed E-state index contributed by atoms with van der Waals surface area (Å²) in [4.78, 5) is 0. The van der Waals surface area contributed by atoms with Crippen molar-refractivity contribution in [1.29, 1.82) is 5.26 Å². The number of hydrogen-bond acceptors (Lipinski definition) is 4. The lowest BCUT2D eigenvalue weighted by molar-refractivity contribution is 0.579. The second-order valence-corrected chi connectivity index (χ2v) is 4.09. The highest BCUT2D eigenvalue weighted by Gasteiger charge is 2.19. The lowest BCUT2D eigenvalue weighted by atomic mass is 10.2. The number of furan rings is 1. The van der Waals surface area contributed by atoms with Gasteiger partial charge in [0.25, 0.3) is 0 Å². The van der Waals surface area contributed by atoms with Gasteiger partial charge in [-0.15, -0.1) is 0 Å². The minimum atomic E-state index is -0.355. The zero-order valence-electron chi connectivity index (χ0n) is 10.2. The molecule has 0 amide bonds. The van der Waals surface area contributed by atoms with Gasteiger partial charge in [0.15, 0.2) is 5.76 Å². The highest BCUT2D eigenvalue weighted by atomic mass is 19.1. The monoisotopic (exact) mass is 268 g/mol. The van der Waals surface area contributed by atoms with Crippen molar-refractivity contribution in [2.24, 2.45) is 0 Å². The van der Waals surface area contributed by atoms with Crippen molar-refractivity contribution in [3.05, 3.63) is 54.0 Å². The van der Waals surface area contributed by atoms with E-state index in [2.05, 4.69) is 5.10 Å². The summed E-state index contributed by atoms with van der Waals surface area (Å²) in [6.07, 6.45) is 1.49. The molecule has 0 radical (unpaired) electrons. The molecule has 98 valence electrons. The summed E-state index contributed by atoms with van der Waals surface area (Å²) in [6.45, 7) is 0. The van der Waals surface area contributed by atoms with E-state index in [9.17, 15) is 9.65 Å². The topological polar surface area (TPSA) is 80.8 Å². The highest BCUT2D eigenvalue weighted by molar-refractivity contribution is 5.70. The van der Waals surface area contributed by atoms with Gasteiger partial charge in [0.1, 0.15) is 29.0 Å². The number of nitrogen functional groups attached to an aromatic ring is 1. The van der Waals surface area contributed by atoms with Crippen LogP contribution in [-0.4, -0.2) is 9.78 Å². The maximum absolute atomic E-state index is 12.9. The number of nitrogens with zero attached hydrogens (tertiary/aromatic N) is 3. The molecule has 0 saturated carbocycles. The van der Waals surface area contributed by atoms with Crippen molar-refractivity contribution in [2.75, 3.05) is 5.73 Å². The third-order valence-electron chi connectivity index (χ3n) is 2.86. The molecule has 0 saturated heterocycles. The number of halogens is 1. The fourth-order valence-electron chi connectivity index (χ4n) is 1.91. The first kappa shape index (κ1) is 12.0. The molecule has 0 unspecified atom stereocenters. The van der Waals surface area contributed by atoms with Crippen LogP contribution in [0.4, 0.5) is 10.2 Å². The molecule has 0 spiro atoms. The molecule has 0 aliphatic carbocycles. The standard InChI is InChI=1S/C14H9FN4O/c15-9-3-5-10(6-4-9)19-14(17)11(8-16)13(18-19)12-2-1-7-20-12/h1-7H,17H2. The van der Waals surface area contributed by atoms with Crippen molar-refractivity contribution in [3.63, 3.8) is 0 Å². The molecule has 3 aromatic rings.